The van der Waals surface area contributed by atoms with Gasteiger partial charge in [-0.2, -0.15) is 0 Å². The van der Waals surface area contributed by atoms with E-state index in [0.29, 0.717) is 29.3 Å². The number of halogens is 2. The van der Waals surface area contributed by atoms with Crippen molar-refractivity contribution in [1.29, 1.82) is 0 Å². The molecule has 1 aliphatic rings. The summed E-state index contributed by atoms with van der Waals surface area (Å²) in [7, 11) is 2.07. The molecule has 1 unspecified atom stereocenters. The summed E-state index contributed by atoms with van der Waals surface area (Å²) < 4.78 is 29.1. The van der Waals surface area contributed by atoms with Gasteiger partial charge < -0.3 is 26.3 Å². The number of hydrogen-bond acceptors (Lipinski definition) is 5. The van der Waals surface area contributed by atoms with Crippen LogP contribution in [0.25, 0.3) is 16.8 Å². The molecule has 0 saturated carbocycles. The molecule has 3 aromatic rings. The van der Waals surface area contributed by atoms with E-state index in [0.717, 1.165) is 59.3 Å². The number of hydrogen-bond donors (Lipinski definition) is 4. The molecule has 1 aliphatic heterocycles. The van der Waals surface area contributed by atoms with E-state index in [1.165, 1.54) is 11.8 Å². The van der Waals surface area contributed by atoms with Gasteiger partial charge in [-0.25, -0.2) is 13.8 Å². The Balaban J connectivity index is 0.00000145. The fourth-order valence-corrected chi connectivity index (χ4v) is 4.93. The van der Waals surface area contributed by atoms with Gasteiger partial charge in [0.15, 0.2) is 17.5 Å². The van der Waals surface area contributed by atoms with E-state index >= 15 is 0 Å². The maximum Gasteiger partial charge on any atom is 0.159 e. The third kappa shape index (κ3) is 10.5. The van der Waals surface area contributed by atoms with Gasteiger partial charge in [-0.3, -0.25) is 0 Å². The Bertz CT molecular complexity index is 1620. The van der Waals surface area contributed by atoms with Crippen molar-refractivity contribution in [2.45, 2.75) is 73.0 Å². The first-order chi connectivity index (χ1) is 22.7. The zero-order valence-corrected chi connectivity index (χ0v) is 28.7. The quantitative estimate of drug-likeness (QED) is 0.119. The van der Waals surface area contributed by atoms with Crippen molar-refractivity contribution in [3.05, 3.63) is 125 Å². The van der Waals surface area contributed by atoms with E-state index in [2.05, 4.69) is 102 Å². The van der Waals surface area contributed by atoms with Crippen LogP contribution in [-0.2, 0) is 26.6 Å². The van der Waals surface area contributed by atoms with E-state index in [9.17, 15) is 8.78 Å². The number of terminal acetylenes is 1. The molecule has 250 valence electrons. The van der Waals surface area contributed by atoms with E-state index in [1.54, 1.807) is 12.3 Å². The number of nitrogens with one attached hydrogen (secondary N) is 3. The van der Waals surface area contributed by atoms with Crippen LogP contribution in [0.15, 0.2) is 96.2 Å². The number of aromatic nitrogens is 1. The van der Waals surface area contributed by atoms with Crippen LogP contribution in [0.5, 0.6) is 0 Å². The first-order valence-corrected chi connectivity index (χ1v) is 16.1. The van der Waals surface area contributed by atoms with Crippen LogP contribution in [0.4, 0.5) is 8.78 Å². The highest BCUT2D eigenvalue weighted by Gasteiger charge is 2.19. The second-order valence-electron chi connectivity index (χ2n) is 10.6. The maximum absolute atomic E-state index is 13.6. The molecule has 0 bridgehead atoms. The fourth-order valence-electron chi connectivity index (χ4n) is 4.93. The molecule has 8 heteroatoms. The summed E-state index contributed by atoms with van der Waals surface area (Å²) in [6.45, 7) is 18.4. The van der Waals surface area contributed by atoms with Gasteiger partial charge >= 0.3 is 0 Å². The van der Waals surface area contributed by atoms with Crippen molar-refractivity contribution < 1.29 is 8.78 Å². The monoisotopic (exact) mass is 640 g/mol. The minimum absolute atomic E-state index is 0.250. The van der Waals surface area contributed by atoms with Gasteiger partial charge in [-0.1, -0.05) is 89.1 Å². The number of allylic oxidation sites excluding steroid dienone is 2. The summed E-state index contributed by atoms with van der Waals surface area (Å²) in [6, 6.07) is 11.8. The number of nitrogens with two attached hydrogens (primary N) is 1. The van der Waals surface area contributed by atoms with Crippen LogP contribution in [0.3, 0.4) is 0 Å². The Labute approximate surface area is 280 Å². The van der Waals surface area contributed by atoms with Crippen molar-refractivity contribution >= 4 is 11.9 Å². The number of aryl methyl sites for hydroxylation is 1. The zero-order valence-electron chi connectivity index (χ0n) is 28.7. The molecule has 6 nitrogen and oxygen atoms in total. The lowest BCUT2D eigenvalue weighted by atomic mass is 9.97. The molecule has 1 atom stereocenters. The summed E-state index contributed by atoms with van der Waals surface area (Å²) in [5.41, 5.74) is 14.7. The van der Waals surface area contributed by atoms with E-state index in [-0.39, 0.29) is 6.54 Å². The van der Waals surface area contributed by atoms with Crippen LogP contribution in [0.2, 0.25) is 0 Å². The lowest BCUT2D eigenvalue weighted by Crippen LogP contribution is -2.37. The molecule has 1 aromatic heterocycles. The average molecular weight is 641 g/mol. The normalized spacial score (nSPS) is 13.7. The molecule has 2 heterocycles. The molecule has 0 spiro atoms. The molecular weight excluding hydrogens is 590 g/mol. The number of nitrogens with zero attached hydrogens (tertiary/aromatic N) is 2. The third-order valence-corrected chi connectivity index (χ3v) is 7.09. The van der Waals surface area contributed by atoms with Gasteiger partial charge in [-0.05, 0) is 48.6 Å². The smallest absolute Gasteiger partial charge is 0.159 e. The summed E-state index contributed by atoms with van der Waals surface area (Å²) in [6.07, 6.45) is 16.1. The van der Waals surface area contributed by atoms with Crippen LogP contribution in [0.1, 0.15) is 69.8 Å². The first kappa shape index (κ1) is 38.2. The molecular formula is C39H50F2N6. The average Bonchev–Trinajstić information content (AvgIpc) is 3.41. The molecule has 5 N–H and O–H groups in total. The van der Waals surface area contributed by atoms with Crippen LogP contribution in [0, 0.1) is 24.0 Å². The Kier molecular flexibility index (Phi) is 15.8. The van der Waals surface area contributed by atoms with Crippen molar-refractivity contribution in [2.24, 2.45) is 17.8 Å². The summed E-state index contributed by atoms with van der Waals surface area (Å²) in [4.78, 5) is 4.53. The van der Waals surface area contributed by atoms with Crippen molar-refractivity contribution in [3.63, 3.8) is 0 Å². The summed E-state index contributed by atoms with van der Waals surface area (Å²) in [5.74, 6) is 1.42. The molecule has 0 radical (unpaired) electrons. The minimum Gasteiger partial charge on any atom is -0.398 e. The SMILES string of the molecule is C#CC1C=NC(NCc2ccc(-c3cn(C)c(CCC)c3/C(N)=C\CC)cc2)=C(C(=C)NCc2ccc(F)c(F)c2)N1.C=CC.CC. The Morgan fingerprint density at radius 2 is 1.77 bits per heavy atom. The maximum atomic E-state index is 13.6. The van der Waals surface area contributed by atoms with Gasteiger partial charge in [0.1, 0.15) is 11.7 Å². The van der Waals surface area contributed by atoms with Crippen LogP contribution >= 0.6 is 0 Å². The van der Waals surface area contributed by atoms with Crippen LogP contribution in [-0.4, -0.2) is 16.8 Å². The Hall–Kier alpha value is -5.03. The predicted molar refractivity (Wildman–Crippen MR) is 195 cm³/mol. The van der Waals surface area contributed by atoms with Gasteiger partial charge in [0.2, 0.25) is 0 Å². The van der Waals surface area contributed by atoms with E-state index in [4.69, 9.17) is 12.2 Å². The molecule has 0 saturated heterocycles. The van der Waals surface area contributed by atoms with Gasteiger partial charge in [0, 0.05) is 55.1 Å². The number of rotatable bonds is 12. The number of benzene rings is 2. The van der Waals surface area contributed by atoms with Crippen molar-refractivity contribution in [3.8, 4) is 23.5 Å². The molecule has 2 aromatic carbocycles. The van der Waals surface area contributed by atoms with E-state index in [1.807, 2.05) is 20.8 Å². The Morgan fingerprint density at radius 3 is 2.36 bits per heavy atom. The largest absolute Gasteiger partial charge is 0.398 e. The second kappa shape index (κ2) is 19.5. The topological polar surface area (TPSA) is 79.4 Å². The first-order valence-electron chi connectivity index (χ1n) is 16.1. The lowest BCUT2D eigenvalue weighted by molar-refractivity contribution is 0.506. The van der Waals surface area contributed by atoms with E-state index < -0.39 is 17.7 Å². The second-order valence-corrected chi connectivity index (χ2v) is 10.6. The van der Waals surface area contributed by atoms with Crippen molar-refractivity contribution in [1.82, 2.24) is 20.5 Å². The van der Waals surface area contributed by atoms with Crippen molar-refractivity contribution in [2.75, 3.05) is 0 Å². The molecule has 4 rings (SSSR count). The Morgan fingerprint density at radius 1 is 1.11 bits per heavy atom. The molecule has 0 fully saturated rings. The number of aliphatic imine (C=N–C) groups is 1. The standard InChI is InChI=1S/C34H38F2N6.C3H6.C2H6/c1-6-9-30(37)32-27(21-42(5)31(32)10-7-2)25-14-11-23(12-15-25)18-39-34-33(41-26(8-3)20-40-34)22(4)38-19-24-13-16-28(35)29(36)17-24;1-3-2;1-2/h3,9,11-17,20-21,26,38-39,41H,4,6-7,10,18-19,37H2,1-2,5H3;3H,1H2,2H3;1-2H3/b30-9+;;. The predicted octanol–water partition coefficient (Wildman–Crippen LogP) is 8.09. The third-order valence-electron chi connectivity index (χ3n) is 7.09. The van der Waals surface area contributed by atoms with Gasteiger partial charge in [0.25, 0.3) is 0 Å². The fraction of sp³-hybridized carbons (Fsp3) is 0.308. The van der Waals surface area contributed by atoms with Gasteiger partial charge in [-0.15, -0.1) is 13.0 Å². The minimum atomic E-state index is -0.897. The highest BCUT2D eigenvalue weighted by atomic mass is 19.2. The molecule has 0 amide bonds. The highest BCUT2D eigenvalue weighted by Crippen LogP contribution is 2.33. The summed E-state index contributed by atoms with van der Waals surface area (Å²) in [5, 5.41) is 9.76. The molecule has 0 aliphatic carbocycles. The van der Waals surface area contributed by atoms with Crippen LogP contribution < -0.4 is 21.7 Å². The lowest BCUT2D eigenvalue weighted by Gasteiger charge is -2.24. The zero-order chi connectivity index (χ0) is 34.9. The molecule has 47 heavy (non-hydrogen) atoms. The highest BCUT2D eigenvalue weighted by molar-refractivity contribution is 5.82. The van der Waals surface area contributed by atoms with Gasteiger partial charge in [0.05, 0.1) is 5.70 Å². The summed E-state index contributed by atoms with van der Waals surface area (Å²) >= 11 is 0.